The van der Waals surface area contributed by atoms with Gasteiger partial charge in [0.05, 0.1) is 0 Å². The third-order valence-electron chi connectivity index (χ3n) is 6.00. The van der Waals surface area contributed by atoms with Crippen LogP contribution in [0, 0.1) is 17.8 Å². The third-order valence-corrected chi connectivity index (χ3v) is 6.00. The summed E-state index contributed by atoms with van der Waals surface area (Å²) in [6.45, 7) is 3.59. The molecule has 25 heavy (non-hydrogen) atoms. The molecule has 4 heteroatoms. The molecule has 2 unspecified atom stereocenters. The molecule has 4 bridgehead atoms. The van der Waals surface area contributed by atoms with Gasteiger partial charge in [-0.2, -0.15) is 0 Å². The van der Waals surface area contributed by atoms with Crippen LogP contribution in [-0.2, 0) is 4.79 Å². The van der Waals surface area contributed by atoms with E-state index in [9.17, 15) is 4.79 Å². The van der Waals surface area contributed by atoms with E-state index >= 15 is 0 Å². The van der Waals surface area contributed by atoms with E-state index in [4.69, 9.17) is 0 Å². The van der Waals surface area contributed by atoms with Crippen LogP contribution in [0.5, 0.6) is 0 Å². The minimum atomic E-state index is 0. The Bertz CT molecular complexity index is 809. The lowest BCUT2D eigenvalue weighted by Gasteiger charge is -2.53. The number of carbonyl (C=O) groups is 1. The number of fused-ring (bicyclic) bond motifs is 1. The maximum atomic E-state index is 12.6. The Morgan fingerprint density at radius 3 is 2.48 bits per heavy atom. The molecule has 3 aliphatic heterocycles. The van der Waals surface area contributed by atoms with Gasteiger partial charge in [-0.15, -0.1) is 0 Å². The molecule has 3 saturated heterocycles. The van der Waals surface area contributed by atoms with Crippen molar-refractivity contribution < 1.29 is 4.79 Å². The van der Waals surface area contributed by atoms with Crippen LogP contribution in [0.3, 0.4) is 0 Å². The molecule has 3 radical (unpaired) electrons. The van der Waals surface area contributed by atoms with Crippen molar-refractivity contribution in [3.05, 3.63) is 54.1 Å². The quantitative estimate of drug-likeness (QED) is 0.677. The monoisotopic (exact) mass is 329 g/mol. The first-order chi connectivity index (χ1) is 11.8. The predicted octanol–water partition coefficient (Wildman–Crippen LogP) is 3.30. The molecule has 0 aromatic heterocycles. The highest BCUT2D eigenvalue weighted by atomic mass is 16.1. The number of hydrogen-bond acceptors (Lipinski definition) is 2. The Morgan fingerprint density at radius 1 is 1.00 bits per heavy atom. The van der Waals surface area contributed by atoms with Gasteiger partial charge in [0, 0.05) is 45.2 Å². The highest BCUT2D eigenvalue weighted by Gasteiger charge is 2.44. The molecule has 0 spiro atoms. The first kappa shape index (κ1) is 16.4. The molecule has 1 N–H and O–H groups in total. The molecule has 3 nitrogen and oxygen atoms in total. The van der Waals surface area contributed by atoms with Crippen molar-refractivity contribution in [2.45, 2.75) is 12.8 Å². The van der Waals surface area contributed by atoms with Crippen LogP contribution in [0.25, 0.3) is 10.8 Å². The average Bonchev–Trinajstić information content (AvgIpc) is 2.58. The Hall–Kier alpha value is -2.07. The van der Waals surface area contributed by atoms with Crippen LogP contribution in [0.15, 0.2) is 54.1 Å². The second-order valence-corrected chi connectivity index (χ2v) is 7.61. The van der Waals surface area contributed by atoms with E-state index in [-0.39, 0.29) is 14.3 Å². The molecule has 125 valence electrons. The van der Waals surface area contributed by atoms with E-state index in [2.05, 4.69) is 28.4 Å². The van der Waals surface area contributed by atoms with E-state index in [1.54, 1.807) is 0 Å². The average molecular weight is 329 g/mol. The fraction of sp³-hybridized carbons (Fsp3) is 0.381. The van der Waals surface area contributed by atoms with Crippen molar-refractivity contribution in [2.24, 2.45) is 17.8 Å². The molecule has 3 heterocycles. The molecule has 4 fully saturated rings. The van der Waals surface area contributed by atoms with E-state index in [1.165, 1.54) is 25.0 Å². The van der Waals surface area contributed by atoms with Gasteiger partial charge in [0.25, 0.3) is 0 Å². The Balaban J connectivity index is 0.00000157. The summed E-state index contributed by atoms with van der Waals surface area (Å²) in [5, 5.41) is 5.37. The normalized spacial score (nSPS) is 29.4. The molecule has 1 aliphatic carbocycles. The molecule has 1 amide bonds. The van der Waals surface area contributed by atoms with Crippen molar-refractivity contribution in [2.75, 3.05) is 25.0 Å². The molecular weight excluding hydrogens is 307 g/mol. The third kappa shape index (κ3) is 2.89. The summed E-state index contributed by atoms with van der Waals surface area (Å²) in [6.07, 6.45) is 4.47. The zero-order valence-electron chi connectivity index (χ0n) is 14.3. The van der Waals surface area contributed by atoms with Crippen LogP contribution in [-0.4, -0.2) is 38.9 Å². The zero-order chi connectivity index (χ0) is 16.1. The molecule has 4 aliphatic rings. The summed E-state index contributed by atoms with van der Waals surface area (Å²) in [5.41, 5.74) is 2.31. The van der Waals surface area contributed by atoms with Gasteiger partial charge >= 0.3 is 0 Å². The van der Waals surface area contributed by atoms with Crippen LogP contribution in [0.1, 0.15) is 12.8 Å². The number of benzene rings is 2. The minimum absolute atomic E-state index is 0. The summed E-state index contributed by atoms with van der Waals surface area (Å²) >= 11 is 0. The Morgan fingerprint density at radius 2 is 1.72 bits per heavy atom. The van der Waals surface area contributed by atoms with Crippen LogP contribution in [0.2, 0.25) is 0 Å². The van der Waals surface area contributed by atoms with E-state index in [0.717, 1.165) is 35.5 Å². The number of piperidine rings is 3. The van der Waals surface area contributed by atoms with Gasteiger partial charge in [-0.1, -0.05) is 42.0 Å². The smallest absolute Gasteiger partial charge is 0.248 e. The first-order valence-corrected chi connectivity index (χ1v) is 8.99. The second-order valence-electron chi connectivity index (χ2n) is 7.61. The lowest BCUT2D eigenvalue weighted by Crippen LogP contribution is -2.54. The van der Waals surface area contributed by atoms with Crippen molar-refractivity contribution in [3.8, 4) is 0 Å². The minimum Gasteiger partial charge on any atom is -0.322 e. The number of carbonyl (C=O) groups excluding carboxylic acids is 1. The van der Waals surface area contributed by atoms with E-state index < -0.39 is 0 Å². The van der Waals surface area contributed by atoms with Crippen molar-refractivity contribution in [1.29, 1.82) is 0 Å². The van der Waals surface area contributed by atoms with Gasteiger partial charge in [0.15, 0.2) is 0 Å². The summed E-state index contributed by atoms with van der Waals surface area (Å²) in [5.74, 6) is 2.11. The number of rotatable bonds is 2. The highest BCUT2D eigenvalue weighted by molar-refractivity contribution is 6.06. The fourth-order valence-corrected chi connectivity index (χ4v) is 5.12. The number of amides is 1. The van der Waals surface area contributed by atoms with E-state index in [1.807, 2.05) is 30.3 Å². The standard InChI is InChI=1S/C21H22N2O.B/c24-21(22-20-7-3-5-15-4-1-2-6-18(15)20)10-19-16-8-14-9-17(19)13-23(11-14)12-16;/h1-7,10,14,16-17H,8-9,11-13H2,(H,22,24);. The number of hydrogen-bond donors (Lipinski definition) is 1. The molecule has 2 aromatic carbocycles. The highest BCUT2D eigenvalue weighted by Crippen LogP contribution is 2.46. The lowest BCUT2D eigenvalue weighted by atomic mass is 9.65. The van der Waals surface area contributed by atoms with Gasteiger partial charge in [-0.25, -0.2) is 0 Å². The topological polar surface area (TPSA) is 32.3 Å². The number of nitrogens with zero attached hydrogens (tertiary/aromatic N) is 1. The molecule has 2 atom stereocenters. The van der Waals surface area contributed by atoms with Crippen molar-refractivity contribution in [1.82, 2.24) is 4.90 Å². The van der Waals surface area contributed by atoms with Gasteiger partial charge in [-0.3, -0.25) is 4.79 Å². The zero-order valence-corrected chi connectivity index (χ0v) is 14.3. The Kier molecular flexibility index (Phi) is 4.16. The Labute approximate surface area is 150 Å². The molecular formula is C21H22BN2O. The maximum absolute atomic E-state index is 12.6. The summed E-state index contributed by atoms with van der Waals surface area (Å²) < 4.78 is 0. The lowest BCUT2D eigenvalue weighted by molar-refractivity contribution is -0.112. The van der Waals surface area contributed by atoms with Crippen molar-refractivity contribution >= 4 is 30.8 Å². The van der Waals surface area contributed by atoms with Crippen LogP contribution in [0.4, 0.5) is 5.69 Å². The largest absolute Gasteiger partial charge is 0.322 e. The van der Waals surface area contributed by atoms with Crippen LogP contribution < -0.4 is 5.32 Å². The summed E-state index contributed by atoms with van der Waals surface area (Å²) in [7, 11) is 0. The van der Waals surface area contributed by atoms with E-state index in [0.29, 0.717) is 11.8 Å². The fourth-order valence-electron chi connectivity index (χ4n) is 5.12. The second kappa shape index (κ2) is 6.34. The molecule has 2 aromatic rings. The van der Waals surface area contributed by atoms with Gasteiger partial charge < -0.3 is 10.2 Å². The summed E-state index contributed by atoms with van der Waals surface area (Å²) in [4.78, 5) is 15.2. The van der Waals surface area contributed by atoms with Gasteiger partial charge in [0.2, 0.25) is 5.91 Å². The SMILES string of the molecule is O=C(C=C1C2CC3CC1CN(C3)C2)Nc1cccc2ccccc12.[B]. The van der Waals surface area contributed by atoms with Gasteiger partial charge in [0.1, 0.15) is 0 Å². The number of anilines is 1. The van der Waals surface area contributed by atoms with Crippen molar-refractivity contribution in [3.63, 3.8) is 0 Å². The first-order valence-electron chi connectivity index (χ1n) is 8.99. The number of nitrogens with one attached hydrogen (secondary N) is 1. The van der Waals surface area contributed by atoms with Gasteiger partial charge in [-0.05, 0) is 42.0 Å². The summed E-state index contributed by atoms with van der Waals surface area (Å²) in [6, 6.07) is 14.3. The maximum Gasteiger partial charge on any atom is 0.248 e. The predicted molar refractivity (Wildman–Crippen MR) is 103 cm³/mol. The van der Waals surface area contributed by atoms with Crippen LogP contribution >= 0.6 is 0 Å². The molecule has 1 saturated carbocycles. The molecule has 6 rings (SSSR count).